The minimum Gasteiger partial charge on any atom is -0.340 e. The van der Waals surface area contributed by atoms with Gasteiger partial charge in [0.2, 0.25) is 5.95 Å². The molecule has 1 aromatic carbocycles. The number of amides is 1. The van der Waals surface area contributed by atoms with Crippen LogP contribution in [-0.4, -0.2) is 40.9 Å². The lowest BCUT2D eigenvalue weighted by Gasteiger charge is -2.22. The summed E-state index contributed by atoms with van der Waals surface area (Å²) >= 11 is 0. The molecule has 24 heavy (non-hydrogen) atoms. The fraction of sp³-hybridized carbons (Fsp3) is 0.421. The average molecular weight is 326 g/mol. The molecule has 5 heteroatoms. The molecular weight excluding hydrogens is 300 g/mol. The zero-order valence-electron chi connectivity index (χ0n) is 15.0. The monoisotopic (exact) mass is 326 g/mol. The molecule has 0 spiro atoms. The van der Waals surface area contributed by atoms with Crippen LogP contribution in [0.4, 0.5) is 11.6 Å². The second-order valence-electron chi connectivity index (χ2n) is 5.85. The van der Waals surface area contributed by atoms with Crippen molar-refractivity contribution in [3.8, 4) is 0 Å². The van der Waals surface area contributed by atoms with Crippen molar-refractivity contribution in [2.24, 2.45) is 0 Å². The van der Waals surface area contributed by atoms with Crippen LogP contribution >= 0.6 is 0 Å². The van der Waals surface area contributed by atoms with Gasteiger partial charge in [0.15, 0.2) is 0 Å². The highest BCUT2D eigenvalue weighted by Gasteiger charge is 2.17. The van der Waals surface area contributed by atoms with Crippen LogP contribution < -0.4 is 4.90 Å². The number of aryl methyl sites for hydroxylation is 1. The zero-order valence-corrected chi connectivity index (χ0v) is 15.0. The number of hydrogen-bond donors (Lipinski definition) is 0. The Morgan fingerprint density at radius 2 is 1.83 bits per heavy atom. The summed E-state index contributed by atoms with van der Waals surface area (Å²) in [4.78, 5) is 25.4. The van der Waals surface area contributed by atoms with Gasteiger partial charge in [-0.1, -0.05) is 31.5 Å². The fourth-order valence-electron chi connectivity index (χ4n) is 2.52. The Morgan fingerprint density at radius 1 is 1.12 bits per heavy atom. The van der Waals surface area contributed by atoms with E-state index in [1.807, 2.05) is 56.1 Å². The maximum absolute atomic E-state index is 12.6. The van der Waals surface area contributed by atoms with Crippen LogP contribution in [0.2, 0.25) is 0 Å². The molecular formula is C19H26N4O. The Kier molecular flexibility index (Phi) is 6.29. The van der Waals surface area contributed by atoms with Crippen molar-refractivity contribution in [3.63, 3.8) is 0 Å². The van der Waals surface area contributed by atoms with Crippen LogP contribution in [0.1, 0.15) is 42.9 Å². The summed E-state index contributed by atoms with van der Waals surface area (Å²) in [6.07, 6.45) is 2.05. The van der Waals surface area contributed by atoms with Gasteiger partial charge < -0.3 is 9.80 Å². The maximum Gasteiger partial charge on any atom is 0.272 e. The van der Waals surface area contributed by atoms with Gasteiger partial charge in [-0.2, -0.15) is 0 Å². The van der Waals surface area contributed by atoms with Gasteiger partial charge in [-0.05, 0) is 38.5 Å². The van der Waals surface area contributed by atoms with E-state index >= 15 is 0 Å². The average Bonchev–Trinajstić information content (AvgIpc) is 2.60. The van der Waals surface area contributed by atoms with Crippen LogP contribution in [0.3, 0.4) is 0 Å². The van der Waals surface area contributed by atoms with Crippen molar-refractivity contribution in [2.45, 2.75) is 33.6 Å². The lowest BCUT2D eigenvalue weighted by Crippen LogP contribution is -2.29. The van der Waals surface area contributed by atoms with Crippen LogP contribution in [0.15, 0.2) is 36.4 Å². The molecule has 0 fully saturated rings. The molecule has 0 saturated carbocycles. The Labute approximate surface area is 144 Å². The number of carbonyl (C=O) groups excluding carboxylic acids is 1. The number of para-hydroxylation sites is 1. The molecule has 0 aliphatic carbocycles. The van der Waals surface area contributed by atoms with Crippen molar-refractivity contribution < 1.29 is 4.79 Å². The zero-order chi connectivity index (χ0) is 17.5. The third-order valence-corrected chi connectivity index (χ3v) is 3.88. The van der Waals surface area contributed by atoms with Crippen molar-refractivity contribution in [1.82, 2.24) is 14.9 Å². The highest BCUT2D eigenvalue weighted by Crippen LogP contribution is 2.22. The topological polar surface area (TPSA) is 49.3 Å². The molecule has 0 radical (unpaired) electrons. The van der Waals surface area contributed by atoms with Crippen LogP contribution in [0.5, 0.6) is 0 Å². The lowest BCUT2D eigenvalue weighted by molar-refractivity contribution is 0.0787. The number of aromatic nitrogens is 2. The molecule has 128 valence electrons. The maximum atomic E-state index is 12.6. The van der Waals surface area contributed by atoms with Crippen molar-refractivity contribution in [2.75, 3.05) is 25.0 Å². The van der Waals surface area contributed by atoms with E-state index in [4.69, 9.17) is 0 Å². The summed E-state index contributed by atoms with van der Waals surface area (Å²) in [5.74, 6) is 0.509. The highest BCUT2D eigenvalue weighted by atomic mass is 16.2. The Bertz CT molecular complexity index is 672. The summed E-state index contributed by atoms with van der Waals surface area (Å²) in [5, 5.41) is 0. The number of benzene rings is 1. The molecule has 0 bridgehead atoms. The number of carbonyl (C=O) groups is 1. The number of anilines is 2. The van der Waals surface area contributed by atoms with E-state index in [0.29, 0.717) is 11.6 Å². The lowest BCUT2D eigenvalue weighted by atomic mass is 10.2. The first-order valence-corrected chi connectivity index (χ1v) is 8.50. The number of hydrogen-bond acceptors (Lipinski definition) is 4. The van der Waals surface area contributed by atoms with Crippen molar-refractivity contribution >= 4 is 17.5 Å². The summed E-state index contributed by atoms with van der Waals surface area (Å²) in [5.41, 5.74) is 2.26. The van der Waals surface area contributed by atoms with Gasteiger partial charge in [-0.15, -0.1) is 0 Å². The van der Waals surface area contributed by atoms with Gasteiger partial charge in [0.25, 0.3) is 5.91 Å². The molecule has 0 aliphatic rings. The SMILES string of the molecule is CCCCN(C)C(=O)c1cc(C)nc(N(CC)c2ccccc2)n1. The minimum absolute atomic E-state index is 0.0562. The molecule has 0 saturated heterocycles. The number of nitrogens with zero attached hydrogens (tertiary/aromatic N) is 4. The normalized spacial score (nSPS) is 10.5. The summed E-state index contributed by atoms with van der Waals surface area (Å²) in [6, 6.07) is 11.7. The molecule has 2 rings (SSSR count). The second-order valence-corrected chi connectivity index (χ2v) is 5.85. The van der Waals surface area contributed by atoms with Gasteiger partial charge in [0, 0.05) is 31.5 Å². The largest absolute Gasteiger partial charge is 0.340 e. The van der Waals surface area contributed by atoms with E-state index in [0.717, 1.165) is 37.3 Å². The minimum atomic E-state index is -0.0562. The summed E-state index contributed by atoms with van der Waals surface area (Å²) in [6.45, 7) is 7.53. The van der Waals surface area contributed by atoms with Gasteiger partial charge in [-0.25, -0.2) is 9.97 Å². The van der Waals surface area contributed by atoms with E-state index in [2.05, 4.69) is 16.9 Å². The molecule has 5 nitrogen and oxygen atoms in total. The van der Waals surface area contributed by atoms with E-state index in [-0.39, 0.29) is 5.91 Å². The third-order valence-electron chi connectivity index (χ3n) is 3.88. The predicted molar refractivity (Wildman–Crippen MR) is 97.8 cm³/mol. The van der Waals surface area contributed by atoms with Crippen molar-refractivity contribution in [3.05, 3.63) is 47.8 Å². The van der Waals surface area contributed by atoms with E-state index in [9.17, 15) is 4.79 Å². The summed E-state index contributed by atoms with van der Waals surface area (Å²) in [7, 11) is 1.82. The molecule has 0 atom stereocenters. The second kappa shape index (κ2) is 8.43. The first kappa shape index (κ1) is 17.9. The Morgan fingerprint density at radius 3 is 2.46 bits per heavy atom. The third kappa shape index (κ3) is 4.31. The number of unbranched alkanes of at least 4 members (excludes halogenated alkanes) is 1. The highest BCUT2D eigenvalue weighted by molar-refractivity contribution is 5.92. The predicted octanol–water partition coefficient (Wildman–Crippen LogP) is 3.82. The van der Waals surface area contributed by atoms with Crippen LogP contribution in [0, 0.1) is 6.92 Å². The first-order chi connectivity index (χ1) is 11.6. The molecule has 1 aromatic heterocycles. The van der Waals surface area contributed by atoms with Crippen molar-refractivity contribution in [1.29, 1.82) is 0 Å². The quantitative estimate of drug-likeness (QED) is 0.776. The Hall–Kier alpha value is -2.43. The van der Waals surface area contributed by atoms with E-state index < -0.39 is 0 Å². The van der Waals surface area contributed by atoms with Crippen LogP contribution in [-0.2, 0) is 0 Å². The van der Waals surface area contributed by atoms with Crippen LogP contribution in [0.25, 0.3) is 0 Å². The van der Waals surface area contributed by atoms with Gasteiger partial charge in [-0.3, -0.25) is 4.79 Å². The van der Waals surface area contributed by atoms with E-state index in [1.165, 1.54) is 0 Å². The van der Waals surface area contributed by atoms with Gasteiger partial charge in [0.05, 0.1) is 0 Å². The first-order valence-electron chi connectivity index (χ1n) is 8.50. The molecule has 0 aliphatic heterocycles. The van der Waals surface area contributed by atoms with E-state index in [1.54, 1.807) is 11.0 Å². The summed E-state index contributed by atoms with van der Waals surface area (Å²) < 4.78 is 0. The van der Waals surface area contributed by atoms with Gasteiger partial charge >= 0.3 is 0 Å². The molecule has 0 unspecified atom stereocenters. The number of rotatable bonds is 7. The molecule has 2 aromatic rings. The van der Waals surface area contributed by atoms with Gasteiger partial charge in [0.1, 0.15) is 5.69 Å². The molecule has 0 N–H and O–H groups in total. The fourth-order valence-corrected chi connectivity index (χ4v) is 2.52. The smallest absolute Gasteiger partial charge is 0.272 e. The standard InChI is InChI=1S/C19H26N4O/c1-5-7-13-22(4)18(24)17-14-15(3)20-19(21-17)23(6-2)16-11-9-8-10-12-16/h8-12,14H,5-7,13H2,1-4H3. The molecule has 1 amide bonds. The molecule has 1 heterocycles. The Balaban J connectivity index is 2.32.